The Morgan fingerprint density at radius 2 is 2.39 bits per heavy atom. The molecule has 0 aromatic heterocycles. The predicted molar refractivity (Wildman–Crippen MR) is 71.9 cm³/mol. The summed E-state index contributed by atoms with van der Waals surface area (Å²) in [6.07, 6.45) is 1.97. The van der Waals surface area contributed by atoms with Crippen molar-refractivity contribution in [1.29, 1.82) is 0 Å². The lowest BCUT2D eigenvalue weighted by Gasteiger charge is -2.13. The summed E-state index contributed by atoms with van der Waals surface area (Å²) in [5.41, 5.74) is 1.68. The maximum atomic E-state index is 11.8. The molecule has 0 bridgehead atoms. The lowest BCUT2D eigenvalue weighted by Crippen LogP contribution is -2.24. The van der Waals surface area contributed by atoms with Crippen LogP contribution in [-0.2, 0) is 4.74 Å². The van der Waals surface area contributed by atoms with E-state index >= 15 is 0 Å². The molecule has 2 N–H and O–H groups in total. The van der Waals surface area contributed by atoms with E-state index in [1.165, 1.54) is 0 Å². The van der Waals surface area contributed by atoms with Gasteiger partial charge in [0.1, 0.15) is 0 Å². The molecule has 1 amide bonds. The van der Waals surface area contributed by atoms with Gasteiger partial charge in [-0.05, 0) is 31.0 Å². The largest absolute Gasteiger partial charge is 0.380 e. The highest BCUT2D eigenvalue weighted by molar-refractivity contribution is 5.95. The minimum absolute atomic E-state index is 0.0110. The number of hydrogen-bond donors (Lipinski definition) is 2. The van der Waals surface area contributed by atoms with Gasteiger partial charge in [-0.2, -0.15) is 0 Å². The topological polar surface area (TPSA) is 50.4 Å². The number of carbonyl (C=O) groups is 1. The van der Waals surface area contributed by atoms with Gasteiger partial charge < -0.3 is 15.4 Å². The van der Waals surface area contributed by atoms with Crippen molar-refractivity contribution in [2.75, 3.05) is 25.1 Å². The van der Waals surface area contributed by atoms with Crippen LogP contribution in [0.2, 0.25) is 0 Å². The maximum Gasteiger partial charge on any atom is 0.251 e. The molecule has 18 heavy (non-hydrogen) atoms. The number of anilines is 1. The molecule has 1 aliphatic heterocycles. The van der Waals surface area contributed by atoms with Crippen molar-refractivity contribution < 1.29 is 9.53 Å². The van der Waals surface area contributed by atoms with Gasteiger partial charge in [0, 0.05) is 24.4 Å². The van der Waals surface area contributed by atoms with Crippen LogP contribution in [0.1, 0.15) is 30.1 Å². The molecule has 98 valence electrons. The van der Waals surface area contributed by atoms with E-state index in [1.54, 1.807) is 0 Å². The molecule has 4 nitrogen and oxygen atoms in total. The fourth-order valence-electron chi connectivity index (χ4n) is 1.97. The number of ether oxygens (including phenoxy) is 1. The number of benzene rings is 1. The lowest BCUT2D eigenvalue weighted by molar-refractivity contribution is 0.0953. The van der Waals surface area contributed by atoms with E-state index < -0.39 is 0 Å². The third kappa shape index (κ3) is 3.47. The Morgan fingerprint density at radius 1 is 1.50 bits per heavy atom. The molecule has 1 atom stereocenters. The van der Waals surface area contributed by atoms with E-state index in [-0.39, 0.29) is 5.91 Å². The number of amides is 1. The van der Waals surface area contributed by atoms with Gasteiger partial charge in [0.25, 0.3) is 5.91 Å². The highest BCUT2D eigenvalue weighted by Gasteiger charge is 2.15. The van der Waals surface area contributed by atoms with Crippen molar-refractivity contribution in [1.82, 2.24) is 5.32 Å². The number of carbonyl (C=O) groups excluding carboxylic acids is 1. The zero-order valence-electron chi connectivity index (χ0n) is 10.7. The number of nitrogens with one attached hydrogen (secondary N) is 2. The monoisotopic (exact) mass is 248 g/mol. The van der Waals surface area contributed by atoms with E-state index in [9.17, 15) is 4.79 Å². The summed E-state index contributed by atoms with van der Waals surface area (Å²) in [5, 5.41) is 6.27. The third-order valence-corrected chi connectivity index (χ3v) is 2.96. The van der Waals surface area contributed by atoms with Crippen LogP contribution in [0, 0.1) is 0 Å². The molecule has 1 aromatic carbocycles. The van der Waals surface area contributed by atoms with Crippen LogP contribution in [0.5, 0.6) is 0 Å². The van der Waals surface area contributed by atoms with Crippen LogP contribution in [0.25, 0.3) is 0 Å². The molecule has 0 spiro atoms. The second-order valence-corrected chi connectivity index (χ2v) is 4.54. The van der Waals surface area contributed by atoms with Gasteiger partial charge in [-0.1, -0.05) is 13.0 Å². The second-order valence-electron chi connectivity index (χ2n) is 4.54. The van der Waals surface area contributed by atoms with Crippen LogP contribution in [0.15, 0.2) is 24.3 Å². The average molecular weight is 248 g/mol. The van der Waals surface area contributed by atoms with Crippen LogP contribution < -0.4 is 10.6 Å². The average Bonchev–Trinajstić information content (AvgIpc) is 2.89. The van der Waals surface area contributed by atoms with Crippen molar-refractivity contribution >= 4 is 11.6 Å². The Bertz CT molecular complexity index is 401. The fraction of sp³-hybridized carbons (Fsp3) is 0.500. The molecule has 0 saturated carbocycles. The van der Waals surface area contributed by atoms with Crippen molar-refractivity contribution in [2.45, 2.75) is 25.8 Å². The van der Waals surface area contributed by atoms with E-state index in [0.29, 0.717) is 18.2 Å². The summed E-state index contributed by atoms with van der Waals surface area (Å²) in [6, 6.07) is 7.97. The summed E-state index contributed by atoms with van der Waals surface area (Å²) < 4.78 is 5.32. The normalized spacial score (nSPS) is 18.6. The quantitative estimate of drug-likeness (QED) is 0.838. The Morgan fingerprint density at radius 3 is 3.11 bits per heavy atom. The minimum Gasteiger partial charge on any atom is -0.380 e. The molecule has 2 rings (SSSR count). The fourth-order valence-corrected chi connectivity index (χ4v) is 1.97. The highest BCUT2D eigenvalue weighted by Crippen LogP contribution is 2.15. The molecule has 0 aliphatic carbocycles. The molecule has 1 heterocycles. The molecule has 1 unspecified atom stereocenters. The van der Waals surface area contributed by atoms with Gasteiger partial charge in [0.2, 0.25) is 0 Å². The maximum absolute atomic E-state index is 11.8. The molecule has 0 radical (unpaired) electrons. The molecule has 1 saturated heterocycles. The van der Waals surface area contributed by atoms with Gasteiger partial charge in [0.15, 0.2) is 0 Å². The van der Waals surface area contributed by atoms with Crippen LogP contribution in [0.4, 0.5) is 5.69 Å². The van der Waals surface area contributed by atoms with Crippen molar-refractivity contribution in [3.63, 3.8) is 0 Å². The first kappa shape index (κ1) is 12.9. The summed E-state index contributed by atoms with van der Waals surface area (Å²) in [6.45, 7) is 4.31. The van der Waals surface area contributed by atoms with Gasteiger partial charge in [-0.15, -0.1) is 0 Å². The van der Waals surface area contributed by atoms with Crippen LogP contribution >= 0.6 is 0 Å². The lowest BCUT2D eigenvalue weighted by atomic mass is 10.1. The standard InChI is InChI=1S/C14H20N2O2/c1-2-7-15-14(17)11-4-3-5-12(9-11)16-13-6-8-18-10-13/h3-5,9,13,16H,2,6-8,10H2,1H3,(H,15,17). The molecular weight excluding hydrogens is 228 g/mol. The van der Waals surface area contributed by atoms with E-state index in [2.05, 4.69) is 10.6 Å². The smallest absolute Gasteiger partial charge is 0.251 e. The Hall–Kier alpha value is -1.55. The summed E-state index contributed by atoms with van der Waals surface area (Å²) in [4.78, 5) is 11.8. The zero-order valence-corrected chi connectivity index (χ0v) is 10.7. The molecular formula is C14H20N2O2. The first-order chi connectivity index (χ1) is 8.79. The Kier molecular flexibility index (Phi) is 4.59. The zero-order chi connectivity index (χ0) is 12.8. The van der Waals surface area contributed by atoms with Gasteiger partial charge in [-0.3, -0.25) is 4.79 Å². The molecule has 1 aromatic rings. The van der Waals surface area contributed by atoms with E-state index in [0.717, 1.165) is 31.7 Å². The first-order valence-corrected chi connectivity index (χ1v) is 6.52. The number of hydrogen-bond acceptors (Lipinski definition) is 3. The summed E-state index contributed by atoms with van der Waals surface area (Å²) >= 11 is 0. The van der Waals surface area contributed by atoms with E-state index in [4.69, 9.17) is 4.74 Å². The van der Waals surface area contributed by atoms with Gasteiger partial charge in [0.05, 0.1) is 12.6 Å². The highest BCUT2D eigenvalue weighted by atomic mass is 16.5. The summed E-state index contributed by atoms with van der Waals surface area (Å²) in [7, 11) is 0. The molecule has 1 aliphatic rings. The molecule has 1 fully saturated rings. The van der Waals surface area contributed by atoms with Crippen molar-refractivity contribution in [3.8, 4) is 0 Å². The Labute approximate surface area is 108 Å². The third-order valence-electron chi connectivity index (χ3n) is 2.96. The van der Waals surface area contributed by atoms with Crippen LogP contribution in [-0.4, -0.2) is 31.7 Å². The SMILES string of the molecule is CCCNC(=O)c1cccc(NC2CCOC2)c1. The predicted octanol–water partition coefficient (Wildman–Crippen LogP) is 2.03. The van der Waals surface area contributed by atoms with Gasteiger partial charge in [-0.25, -0.2) is 0 Å². The van der Waals surface area contributed by atoms with Crippen LogP contribution in [0.3, 0.4) is 0 Å². The first-order valence-electron chi connectivity index (χ1n) is 6.52. The van der Waals surface area contributed by atoms with Crippen molar-refractivity contribution in [2.24, 2.45) is 0 Å². The minimum atomic E-state index is -0.0110. The van der Waals surface area contributed by atoms with Gasteiger partial charge >= 0.3 is 0 Å². The van der Waals surface area contributed by atoms with Crippen molar-refractivity contribution in [3.05, 3.63) is 29.8 Å². The second kappa shape index (κ2) is 6.40. The Balaban J connectivity index is 1.97. The molecule has 4 heteroatoms. The van der Waals surface area contributed by atoms with E-state index in [1.807, 2.05) is 31.2 Å². The summed E-state index contributed by atoms with van der Waals surface area (Å²) in [5.74, 6) is -0.0110. The number of rotatable bonds is 5.